The molecule has 1 atom stereocenters. The normalized spacial score (nSPS) is 14.9. The van der Waals surface area contributed by atoms with Crippen LogP contribution < -0.4 is 0 Å². The average Bonchev–Trinajstić information content (AvgIpc) is 2.17. The second-order valence-corrected chi connectivity index (χ2v) is 3.55. The summed E-state index contributed by atoms with van der Waals surface area (Å²) >= 11 is 0. The number of rotatable bonds is 4. The van der Waals surface area contributed by atoms with Crippen LogP contribution in [0.25, 0.3) is 0 Å². The summed E-state index contributed by atoms with van der Waals surface area (Å²) in [5, 5.41) is 9.67. The lowest BCUT2D eigenvalue weighted by molar-refractivity contribution is 0.103. The maximum absolute atomic E-state index is 9.67. The summed E-state index contributed by atoms with van der Waals surface area (Å²) in [5.74, 6) is 0. The molecule has 0 aromatic heterocycles. The fourth-order valence-electron chi connectivity index (χ4n) is 1.14. The summed E-state index contributed by atoms with van der Waals surface area (Å²) in [5.41, 5.74) is 0.514. The zero-order valence-corrected chi connectivity index (χ0v) is 8.03. The smallest absolute Gasteiger partial charge is 0.0800 e. The number of aryl methyl sites for hydroxylation is 1. The molecule has 0 fully saturated rings. The molecule has 1 nitrogen and oxygen atoms in total. The van der Waals surface area contributed by atoms with Gasteiger partial charge in [-0.15, -0.1) is 6.58 Å². The highest BCUT2D eigenvalue weighted by atomic mass is 16.3. The van der Waals surface area contributed by atoms with E-state index in [9.17, 15) is 5.11 Å². The molecule has 13 heavy (non-hydrogen) atoms. The van der Waals surface area contributed by atoms with Crippen molar-refractivity contribution < 1.29 is 5.11 Å². The summed E-state index contributed by atoms with van der Waals surface area (Å²) in [6, 6.07) is 10.2. The molecular formula is C12H16O. The zero-order chi connectivity index (χ0) is 9.73. The van der Waals surface area contributed by atoms with Gasteiger partial charge in [-0.3, -0.25) is 0 Å². The van der Waals surface area contributed by atoms with Crippen LogP contribution in [-0.2, 0) is 6.42 Å². The lowest BCUT2D eigenvalue weighted by atomic mass is 9.97. The molecular weight excluding hydrogens is 160 g/mol. The quantitative estimate of drug-likeness (QED) is 0.699. The minimum absolute atomic E-state index is 0.723. The van der Waals surface area contributed by atoms with Gasteiger partial charge < -0.3 is 5.11 Å². The highest BCUT2D eigenvalue weighted by molar-refractivity contribution is 5.15. The van der Waals surface area contributed by atoms with Crippen molar-refractivity contribution in [3.05, 3.63) is 48.6 Å². The summed E-state index contributed by atoms with van der Waals surface area (Å²) in [6.45, 7) is 5.38. The Bertz CT molecular complexity index is 262. The standard InChI is InChI=1S/C12H16O/c1-3-12(2,13)10-9-11-7-5-4-6-8-11/h3-8,13H,1,9-10H2,2H3. The topological polar surface area (TPSA) is 20.2 Å². The van der Waals surface area contributed by atoms with Crippen LogP contribution in [0.3, 0.4) is 0 Å². The monoisotopic (exact) mass is 176 g/mol. The molecule has 0 heterocycles. The Balaban J connectivity index is 2.48. The van der Waals surface area contributed by atoms with Gasteiger partial charge in [-0.1, -0.05) is 36.4 Å². The lowest BCUT2D eigenvalue weighted by Crippen LogP contribution is -2.20. The molecule has 0 spiro atoms. The Kier molecular flexibility index (Phi) is 3.26. The first-order valence-corrected chi connectivity index (χ1v) is 4.54. The van der Waals surface area contributed by atoms with E-state index < -0.39 is 5.60 Å². The Morgan fingerprint density at radius 3 is 2.54 bits per heavy atom. The van der Waals surface area contributed by atoms with Gasteiger partial charge in [0.25, 0.3) is 0 Å². The summed E-state index contributed by atoms with van der Waals surface area (Å²) in [4.78, 5) is 0. The first-order chi connectivity index (χ1) is 6.14. The molecule has 0 aliphatic carbocycles. The van der Waals surface area contributed by atoms with E-state index in [0.29, 0.717) is 0 Å². The first-order valence-electron chi connectivity index (χ1n) is 4.54. The van der Waals surface area contributed by atoms with Gasteiger partial charge in [0, 0.05) is 0 Å². The van der Waals surface area contributed by atoms with E-state index in [1.54, 1.807) is 13.0 Å². The predicted octanol–water partition coefficient (Wildman–Crippen LogP) is 2.56. The lowest BCUT2D eigenvalue weighted by Gasteiger charge is -2.17. The summed E-state index contributed by atoms with van der Waals surface area (Å²) < 4.78 is 0. The number of hydrogen-bond acceptors (Lipinski definition) is 1. The highest BCUT2D eigenvalue weighted by Crippen LogP contribution is 2.14. The molecule has 1 rings (SSSR count). The summed E-state index contributed by atoms with van der Waals surface area (Å²) in [7, 11) is 0. The van der Waals surface area contributed by atoms with Crippen molar-refractivity contribution in [3.8, 4) is 0 Å². The molecule has 0 bridgehead atoms. The third kappa shape index (κ3) is 3.43. The van der Waals surface area contributed by atoms with Crippen molar-refractivity contribution in [2.75, 3.05) is 0 Å². The van der Waals surface area contributed by atoms with E-state index in [0.717, 1.165) is 12.8 Å². The maximum Gasteiger partial charge on any atom is 0.0800 e. The molecule has 1 N–H and O–H groups in total. The van der Waals surface area contributed by atoms with E-state index >= 15 is 0 Å². The molecule has 0 amide bonds. The van der Waals surface area contributed by atoms with Gasteiger partial charge in [0.2, 0.25) is 0 Å². The van der Waals surface area contributed by atoms with Gasteiger partial charge >= 0.3 is 0 Å². The van der Waals surface area contributed by atoms with Crippen molar-refractivity contribution in [1.29, 1.82) is 0 Å². The first kappa shape index (κ1) is 10.0. The minimum Gasteiger partial charge on any atom is -0.386 e. The molecule has 0 radical (unpaired) electrons. The van der Waals surface area contributed by atoms with Crippen LogP contribution in [0.1, 0.15) is 18.9 Å². The van der Waals surface area contributed by atoms with Crippen molar-refractivity contribution in [3.63, 3.8) is 0 Å². The average molecular weight is 176 g/mol. The maximum atomic E-state index is 9.67. The Labute approximate surface area is 79.7 Å². The molecule has 1 aromatic rings. The van der Waals surface area contributed by atoms with Crippen molar-refractivity contribution in [2.45, 2.75) is 25.4 Å². The Hall–Kier alpha value is -1.08. The third-order valence-electron chi connectivity index (χ3n) is 2.20. The predicted molar refractivity (Wildman–Crippen MR) is 55.6 cm³/mol. The number of hydrogen-bond donors (Lipinski definition) is 1. The van der Waals surface area contributed by atoms with E-state index in [2.05, 4.69) is 18.7 Å². The second-order valence-electron chi connectivity index (χ2n) is 3.55. The Morgan fingerprint density at radius 1 is 1.38 bits per heavy atom. The van der Waals surface area contributed by atoms with Crippen LogP contribution >= 0.6 is 0 Å². The molecule has 1 aromatic carbocycles. The third-order valence-corrected chi connectivity index (χ3v) is 2.20. The van der Waals surface area contributed by atoms with Crippen LogP contribution in [0.4, 0.5) is 0 Å². The zero-order valence-electron chi connectivity index (χ0n) is 8.03. The minimum atomic E-state index is -0.740. The van der Waals surface area contributed by atoms with Gasteiger partial charge in [-0.05, 0) is 25.3 Å². The van der Waals surface area contributed by atoms with Crippen LogP contribution in [0.5, 0.6) is 0 Å². The molecule has 1 unspecified atom stereocenters. The van der Waals surface area contributed by atoms with Crippen molar-refractivity contribution >= 4 is 0 Å². The molecule has 0 aliphatic heterocycles. The fourth-order valence-corrected chi connectivity index (χ4v) is 1.14. The molecule has 0 saturated heterocycles. The van der Waals surface area contributed by atoms with E-state index in [1.165, 1.54) is 5.56 Å². The highest BCUT2D eigenvalue weighted by Gasteiger charge is 2.14. The van der Waals surface area contributed by atoms with Gasteiger partial charge in [0.05, 0.1) is 5.60 Å². The van der Waals surface area contributed by atoms with Crippen molar-refractivity contribution in [2.24, 2.45) is 0 Å². The summed E-state index contributed by atoms with van der Waals surface area (Å²) in [6.07, 6.45) is 3.20. The van der Waals surface area contributed by atoms with E-state index in [1.807, 2.05) is 18.2 Å². The fraction of sp³-hybridized carbons (Fsp3) is 0.333. The molecule has 70 valence electrons. The van der Waals surface area contributed by atoms with Gasteiger partial charge in [0.1, 0.15) is 0 Å². The van der Waals surface area contributed by atoms with Crippen LogP contribution in [-0.4, -0.2) is 10.7 Å². The number of benzene rings is 1. The largest absolute Gasteiger partial charge is 0.386 e. The van der Waals surface area contributed by atoms with Gasteiger partial charge in [-0.2, -0.15) is 0 Å². The number of aliphatic hydroxyl groups is 1. The molecule has 0 aliphatic rings. The molecule has 0 saturated carbocycles. The van der Waals surface area contributed by atoms with Crippen LogP contribution in [0, 0.1) is 0 Å². The van der Waals surface area contributed by atoms with Crippen LogP contribution in [0.2, 0.25) is 0 Å². The SMILES string of the molecule is C=CC(C)(O)CCc1ccccc1. The Morgan fingerprint density at radius 2 is 2.00 bits per heavy atom. The van der Waals surface area contributed by atoms with E-state index in [4.69, 9.17) is 0 Å². The van der Waals surface area contributed by atoms with Gasteiger partial charge in [-0.25, -0.2) is 0 Å². The molecule has 1 heteroatoms. The van der Waals surface area contributed by atoms with E-state index in [-0.39, 0.29) is 0 Å². The van der Waals surface area contributed by atoms with Crippen LogP contribution in [0.15, 0.2) is 43.0 Å². The van der Waals surface area contributed by atoms with Gasteiger partial charge in [0.15, 0.2) is 0 Å². The second kappa shape index (κ2) is 4.24. The van der Waals surface area contributed by atoms with Crippen molar-refractivity contribution in [1.82, 2.24) is 0 Å².